The highest BCUT2D eigenvalue weighted by atomic mass is 32.2. The predicted molar refractivity (Wildman–Crippen MR) is 85.7 cm³/mol. The summed E-state index contributed by atoms with van der Waals surface area (Å²) in [6.07, 6.45) is 1.78. The second-order valence-electron chi connectivity index (χ2n) is 5.39. The van der Waals surface area contributed by atoms with E-state index in [4.69, 9.17) is 10.8 Å². The van der Waals surface area contributed by atoms with Gasteiger partial charge in [0.25, 0.3) is 0 Å². The number of sulfonamides is 1. The predicted octanol–water partition coefficient (Wildman–Crippen LogP) is 1.34. The summed E-state index contributed by atoms with van der Waals surface area (Å²) in [5.41, 5.74) is 7.00. The normalized spacial score (nSPS) is 13.4. The average Bonchev–Trinajstić information content (AvgIpc) is 2.44. The molecule has 1 aromatic carbocycles. The summed E-state index contributed by atoms with van der Waals surface area (Å²) in [4.78, 5) is 0.216. The highest BCUT2D eigenvalue weighted by Gasteiger charge is 2.18. The van der Waals surface area contributed by atoms with Gasteiger partial charge in [0.1, 0.15) is 0 Å². The largest absolute Gasteiger partial charge is 0.397 e. The fourth-order valence-electron chi connectivity index (χ4n) is 1.82. The van der Waals surface area contributed by atoms with E-state index in [-0.39, 0.29) is 17.4 Å². The van der Waals surface area contributed by atoms with Gasteiger partial charge in [0.2, 0.25) is 10.0 Å². The summed E-state index contributed by atoms with van der Waals surface area (Å²) in [6.45, 7) is 2.84. The van der Waals surface area contributed by atoms with Gasteiger partial charge in [-0.2, -0.15) is 0 Å². The molecule has 1 aromatic rings. The first-order chi connectivity index (χ1) is 9.78. The van der Waals surface area contributed by atoms with Gasteiger partial charge in [-0.1, -0.05) is 6.92 Å². The average molecular weight is 315 g/mol. The maximum atomic E-state index is 12.1. The van der Waals surface area contributed by atoms with Gasteiger partial charge >= 0.3 is 0 Å². The first kappa shape index (κ1) is 17.7. The summed E-state index contributed by atoms with van der Waals surface area (Å²) < 4.78 is 25.3. The number of aliphatic hydroxyl groups is 1. The molecule has 7 heteroatoms. The first-order valence-corrected chi connectivity index (χ1v) is 8.39. The molecule has 4 N–H and O–H groups in total. The minimum Gasteiger partial charge on any atom is -0.397 e. The maximum absolute atomic E-state index is 12.1. The van der Waals surface area contributed by atoms with Crippen LogP contribution >= 0.6 is 0 Å². The fourth-order valence-corrected chi connectivity index (χ4v) is 2.75. The minimum atomic E-state index is -3.46. The van der Waals surface area contributed by atoms with Crippen molar-refractivity contribution in [1.29, 1.82) is 0 Å². The van der Waals surface area contributed by atoms with Crippen molar-refractivity contribution in [3.05, 3.63) is 18.2 Å². The van der Waals surface area contributed by atoms with Crippen LogP contribution in [0.15, 0.2) is 23.1 Å². The summed E-state index contributed by atoms with van der Waals surface area (Å²) in [7, 11) is -0.469. The zero-order chi connectivity index (χ0) is 16.0. The molecule has 0 saturated heterocycles. The molecular weight excluding hydrogens is 290 g/mol. The van der Waals surface area contributed by atoms with Crippen LogP contribution < -0.4 is 11.1 Å². The van der Waals surface area contributed by atoms with Crippen LogP contribution in [0.5, 0.6) is 0 Å². The van der Waals surface area contributed by atoms with E-state index in [0.29, 0.717) is 17.9 Å². The second kappa shape index (κ2) is 7.63. The van der Waals surface area contributed by atoms with Crippen molar-refractivity contribution in [2.45, 2.75) is 24.7 Å². The fraction of sp³-hybridized carbons (Fsp3) is 0.571. The van der Waals surface area contributed by atoms with Crippen LogP contribution in [0.25, 0.3) is 0 Å². The van der Waals surface area contributed by atoms with Crippen LogP contribution in [0.4, 0.5) is 11.4 Å². The molecule has 0 aliphatic heterocycles. The van der Waals surface area contributed by atoms with Gasteiger partial charge in [-0.3, -0.25) is 0 Å². The summed E-state index contributed by atoms with van der Waals surface area (Å²) in [6, 6.07) is 4.65. The van der Waals surface area contributed by atoms with Crippen LogP contribution in [0.1, 0.15) is 19.8 Å². The van der Waals surface area contributed by atoms with E-state index < -0.39 is 10.0 Å². The summed E-state index contributed by atoms with van der Waals surface area (Å²) in [5, 5.41) is 12.1. The Labute approximate surface area is 127 Å². The van der Waals surface area contributed by atoms with Gasteiger partial charge in [-0.15, -0.1) is 0 Å². The molecule has 0 aromatic heterocycles. The Morgan fingerprint density at radius 1 is 1.38 bits per heavy atom. The molecule has 0 aliphatic rings. The molecule has 0 spiro atoms. The molecule has 0 amide bonds. The molecule has 120 valence electrons. The SMILES string of the molecule is CC(CO)CCCNc1cc(S(=O)(=O)N(C)C)ccc1N. The van der Waals surface area contributed by atoms with Crippen molar-refractivity contribution in [1.82, 2.24) is 4.31 Å². The highest BCUT2D eigenvalue weighted by Crippen LogP contribution is 2.24. The van der Waals surface area contributed by atoms with E-state index >= 15 is 0 Å². The van der Waals surface area contributed by atoms with Gasteiger partial charge < -0.3 is 16.2 Å². The van der Waals surface area contributed by atoms with Crippen LogP contribution in [-0.2, 0) is 10.0 Å². The molecule has 6 nitrogen and oxygen atoms in total. The number of anilines is 2. The van der Waals surface area contributed by atoms with Crippen molar-refractivity contribution < 1.29 is 13.5 Å². The molecular formula is C14H25N3O3S. The van der Waals surface area contributed by atoms with Gasteiger partial charge in [0.05, 0.1) is 16.3 Å². The monoisotopic (exact) mass is 315 g/mol. The zero-order valence-corrected chi connectivity index (χ0v) is 13.7. The number of nitrogens with zero attached hydrogens (tertiary/aromatic N) is 1. The van der Waals surface area contributed by atoms with Gasteiger partial charge in [0, 0.05) is 27.2 Å². The Morgan fingerprint density at radius 2 is 2.05 bits per heavy atom. The van der Waals surface area contributed by atoms with Crippen LogP contribution in [0.3, 0.4) is 0 Å². The van der Waals surface area contributed by atoms with Crippen molar-refractivity contribution in [3.63, 3.8) is 0 Å². The third-order valence-electron chi connectivity index (χ3n) is 3.30. The summed E-state index contributed by atoms with van der Waals surface area (Å²) in [5.74, 6) is 0.268. The molecule has 1 rings (SSSR count). The minimum absolute atomic E-state index is 0.179. The molecule has 0 heterocycles. The third-order valence-corrected chi connectivity index (χ3v) is 5.12. The first-order valence-electron chi connectivity index (χ1n) is 6.95. The lowest BCUT2D eigenvalue weighted by Gasteiger charge is -2.15. The van der Waals surface area contributed by atoms with Gasteiger partial charge in [0.15, 0.2) is 0 Å². The number of benzene rings is 1. The van der Waals surface area contributed by atoms with Gasteiger partial charge in [-0.05, 0) is 37.0 Å². The topological polar surface area (TPSA) is 95.7 Å². The molecule has 0 bridgehead atoms. The molecule has 0 saturated carbocycles. The second-order valence-corrected chi connectivity index (χ2v) is 7.55. The Balaban J connectivity index is 2.75. The van der Waals surface area contributed by atoms with E-state index in [9.17, 15) is 8.42 Å². The van der Waals surface area contributed by atoms with Crippen molar-refractivity contribution in [2.24, 2.45) is 5.92 Å². The number of aliphatic hydroxyl groups excluding tert-OH is 1. The molecule has 21 heavy (non-hydrogen) atoms. The van der Waals surface area contributed by atoms with Crippen LogP contribution in [0.2, 0.25) is 0 Å². The van der Waals surface area contributed by atoms with Crippen molar-refractivity contribution >= 4 is 21.4 Å². The number of nitrogens with one attached hydrogen (secondary N) is 1. The number of nitrogens with two attached hydrogens (primary N) is 1. The molecule has 0 fully saturated rings. The zero-order valence-electron chi connectivity index (χ0n) is 12.8. The van der Waals surface area contributed by atoms with E-state index in [2.05, 4.69) is 5.32 Å². The number of hydrogen-bond acceptors (Lipinski definition) is 5. The number of hydrogen-bond donors (Lipinski definition) is 3. The Hall–Kier alpha value is -1.31. The Bertz CT molecular complexity index is 559. The summed E-state index contributed by atoms with van der Waals surface area (Å²) >= 11 is 0. The molecule has 0 radical (unpaired) electrons. The lowest BCUT2D eigenvalue weighted by Crippen LogP contribution is -2.22. The van der Waals surface area contributed by atoms with Crippen molar-refractivity contribution in [3.8, 4) is 0 Å². The Morgan fingerprint density at radius 3 is 2.62 bits per heavy atom. The Kier molecular flexibility index (Phi) is 6.44. The van der Waals surface area contributed by atoms with E-state index in [1.807, 2.05) is 6.92 Å². The van der Waals surface area contributed by atoms with Gasteiger partial charge in [-0.25, -0.2) is 12.7 Å². The molecule has 1 atom stereocenters. The van der Waals surface area contributed by atoms with Crippen LogP contribution in [0, 0.1) is 5.92 Å². The lowest BCUT2D eigenvalue weighted by atomic mass is 10.1. The van der Waals surface area contributed by atoms with E-state index in [0.717, 1.165) is 12.8 Å². The maximum Gasteiger partial charge on any atom is 0.242 e. The highest BCUT2D eigenvalue weighted by molar-refractivity contribution is 7.89. The lowest BCUT2D eigenvalue weighted by molar-refractivity contribution is 0.229. The quantitative estimate of drug-likeness (QED) is 0.497. The third kappa shape index (κ3) is 4.87. The standard InChI is InChI=1S/C14H25N3O3S/c1-11(10-18)5-4-8-16-14-9-12(6-7-13(14)15)21(19,20)17(2)3/h6-7,9,11,16,18H,4-5,8,10,15H2,1-3H3. The van der Waals surface area contributed by atoms with Crippen molar-refractivity contribution in [2.75, 3.05) is 38.3 Å². The number of nitrogen functional groups attached to an aromatic ring is 1. The van der Waals surface area contributed by atoms with E-state index in [1.165, 1.54) is 24.5 Å². The smallest absolute Gasteiger partial charge is 0.242 e. The van der Waals surface area contributed by atoms with E-state index in [1.54, 1.807) is 12.1 Å². The molecule has 0 aliphatic carbocycles. The molecule has 1 unspecified atom stereocenters. The van der Waals surface area contributed by atoms with Crippen LogP contribution in [-0.4, -0.2) is 45.1 Å². The number of rotatable bonds is 8.